The van der Waals surface area contributed by atoms with Gasteiger partial charge in [0.25, 0.3) is 15.9 Å². The van der Waals surface area contributed by atoms with Crippen LogP contribution < -0.4 is 19.3 Å². The molecule has 0 bridgehead atoms. The third-order valence-electron chi connectivity index (χ3n) is 5.79. The number of nitrogens with zero attached hydrogens (tertiary/aromatic N) is 2. The average molecular weight is 494 g/mol. The van der Waals surface area contributed by atoms with Crippen molar-refractivity contribution in [2.75, 3.05) is 34.7 Å². The van der Waals surface area contributed by atoms with E-state index in [1.807, 2.05) is 13.0 Å². The van der Waals surface area contributed by atoms with Gasteiger partial charge in [-0.15, -0.1) is 0 Å². The van der Waals surface area contributed by atoms with Crippen LogP contribution in [-0.4, -0.2) is 40.4 Å². The molecule has 3 aromatic carbocycles. The minimum atomic E-state index is -3.70. The highest BCUT2D eigenvalue weighted by molar-refractivity contribution is 7.92. The largest absolute Gasteiger partial charge is 0.484 e. The number of hydrogen-bond acceptors (Lipinski definition) is 5. The number of anilines is 3. The molecule has 1 aliphatic rings. The monoisotopic (exact) mass is 493 g/mol. The van der Waals surface area contributed by atoms with Crippen molar-refractivity contribution < 1.29 is 22.7 Å². The minimum Gasteiger partial charge on any atom is -0.484 e. The summed E-state index contributed by atoms with van der Waals surface area (Å²) >= 11 is 0. The maximum Gasteiger partial charge on any atom is 0.264 e. The zero-order chi connectivity index (χ0) is 25.0. The van der Waals surface area contributed by atoms with Crippen LogP contribution in [0.25, 0.3) is 0 Å². The molecule has 4 rings (SSSR count). The van der Waals surface area contributed by atoms with E-state index in [4.69, 9.17) is 4.74 Å². The lowest BCUT2D eigenvalue weighted by molar-refractivity contribution is -0.118. The molecule has 9 heteroatoms. The Kier molecular flexibility index (Phi) is 7.07. The number of carbonyl (C=O) groups is 2. The van der Waals surface area contributed by atoms with Gasteiger partial charge in [0.15, 0.2) is 6.61 Å². The molecule has 0 spiro atoms. The molecule has 1 fully saturated rings. The fourth-order valence-corrected chi connectivity index (χ4v) is 5.01. The number of ether oxygens (including phenoxy) is 1. The molecule has 2 amide bonds. The molecule has 1 aliphatic heterocycles. The molecule has 0 aliphatic carbocycles. The van der Waals surface area contributed by atoms with Gasteiger partial charge in [0.1, 0.15) is 5.75 Å². The highest BCUT2D eigenvalue weighted by Crippen LogP contribution is 2.29. The van der Waals surface area contributed by atoms with E-state index in [2.05, 4.69) is 5.32 Å². The number of amides is 2. The fourth-order valence-electron chi connectivity index (χ4n) is 3.81. The van der Waals surface area contributed by atoms with E-state index >= 15 is 0 Å². The van der Waals surface area contributed by atoms with Gasteiger partial charge in [-0.25, -0.2) is 8.42 Å². The Hall–Kier alpha value is -3.85. The Bertz CT molecular complexity index is 1320. The number of aryl methyl sites for hydroxylation is 1. The third-order valence-corrected chi connectivity index (χ3v) is 7.59. The molecule has 1 saturated heterocycles. The third kappa shape index (κ3) is 5.46. The standard InChI is InChI=1S/C26H27N3O5S/c1-19-9-15-22(16-10-19)35(32,33)28(2)20-11-13-21(14-12-20)34-18-25(30)27-23-6-3-4-7-24(23)29-17-5-8-26(29)31/h3-4,6-7,9-16H,5,8,17-18H2,1-2H3,(H,27,30). The molecule has 1 heterocycles. The lowest BCUT2D eigenvalue weighted by atomic mass is 10.2. The molecule has 35 heavy (non-hydrogen) atoms. The van der Waals surface area contributed by atoms with Gasteiger partial charge in [0.2, 0.25) is 5.91 Å². The van der Waals surface area contributed by atoms with Crippen molar-refractivity contribution in [3.05, 3.63) is 78.4 Å². The summed E-state index contributed by atoms with van der Waals surface area (Å²) in [5.74, 6) is 0.0951. The van der Waals surface area contributed by atoms with Crippen molar-refractivity contribution in [1.82, 2.24) is 0 Å². The number of sulfonamides is 1. The quantitative estimate of drug-likeness (QED) is 0.512. The van der Waals surface area contributed by atoms with Gasteiger partial charge in [-0.2, -0.15) is 0 Å². The molecule has 0 radical (unpaired) electrons. The molecule has 182 valence electrons. The maximum absolute atomic E-state index is 12.9. The second-order valence-electron chi connectivity index (χ2n) is 8.28. The summed E-state index contributed by atoms with van der Waals surface area (Å²) in [7, 11) is -2.21. The van der Waals surface area contributed by atoms with Crippen LogP contribution in [-0.2, 0) is 19.6 Å². The van der Waals surface area contributed by atoms with Crippen LogP contribution >= 0.6 is 0 Å². The number of para-hydroxylation sites is 2. The zero-order valence-corrected chi connectivity index (χ0v) is 20.4. The Morgan fingerprint density at radius 3 is 2.37 bits per heavy atom. The number of nitrogens with one attached hydrogen (secondary N) is 1. The van der Waals surface area contributed by atoms with Gasteiger partial charge in [0.05, 0.1) is 22.0 Å². The molecule has 3 aromatic rings. The fraction of sp³-hybridized carbons (Fsp3) is 0.231. The van der Waals surface area contributed by atoms with Crippen LogP contribution in [0.4, 0.5) is 17.1 Å². The Labute approximate surface area is 205 Å². The summed E-state index contributed by atoms with van der Waals surface area (Å²) in [5, 5.41) is 2.80. The van der Waals surface area contributed by atoms with Crippen molar-refractivity contribution in [2.24, 2.45) is 0 Å². The molecule has 0 atom stereocenters. The van der Waals surface area contributed by atoms with Crippen LogP contribution in [0.3, 0.4) is 0 Å². The van der Waals surface area contributed by atoms with E-state index in [9.17, 15) is 18.0 Å². The Morgan fingerprint density at radius 1 is 1.03 bits per heavy atom. The van der Waals surface area contributed by atoms with Gasteiger partial charge >= 0.3 is 0 Å². The summed E-state index contributed by atoms with van der Waals surface area (Å²) in [6.07, 6.45) is 1.30. The van der Waals surface area contributed by atoms with Gasteiger partial charge in [-0.1, -0.05) is 29.8 Å². The molecule has 0 saturated carbocycles. The van der Waals surface area contributed by atoms with Crippen LogP contribution in [0.5, 0.6) is 5.75 Å². The molecule has 1 N–H and O–H groups in total. The zero-order valence-electron chi connectivity index (χ0n) is 19.6. The summed E-state index contributed by atoms with van der Waals surface area (Å²) in [6.45, 7) is 2.29. The van der Waals surface area contributed by atoms with E-state index in [0.29, 0.717) is 35.8 Å². The van der Waals surface area contributed by atoms with Crippen molar-refractivity contribution in [2.45, 2.75) is 24.7 Å². The smallest absolute Gasteiger partial charge is 0.264 e. The number of hydrogen-bond donors (Lipinski definition) is 1. The highest BCUT2D eigenvalue weighted by Gasteiger charge is 2.24. The predicted octanol–water partition coefficient (Wildman–Crippen LogP) is 3.96. The minimum absolute atomic E-state index is 0.0393. The number of benzene rings is 3. The predicted molar refractivity (Wildman–Crippen MR) is 135 cm³/mol. The topological polar surface area (TPSA) is 96.0 Å². The van der Waals surface area contributed by atoms with Crippen molar-refractivity contribution >= 4 is 38.9 Å². The first kappa shape index (κ1) is 24.3. The van der Waals surface area contributed by atoms with E-state index in [-0.39, 0.29) is 23.3 Å². The number of rotatable bonds is 8. The van der Waals surface area contributed by atoms with Gasteiger partial charge in [0, 0.05) is 20.0 Å². The summed E-state index contributed by atoms with van der Waals surface area (Å²) < 4.78 is 32.5. The maximum atomic E-state index is 12.9. The van der Waals surface area contributed by atoms with Crippen LogP contribution in [0.1, 0.15) is 18.4 Å². The first-order valence-corrected chi connectivity index (χ1v) is 12.7. The van der Waals surface area contributed by atoms with E-state index in [1.54, 1.807) is 71.6 Å². The second kappa shape index (κ2) is 10.2. The Morgan fingerprint density at radius 2 is 1.71 bits per heavy atom. The van der Waals surface area contributed by atoms with Crippen molar-refractivity contribution in [3.8, 4) is 5.75 Å². The summed E-state index contributed by atoms with van der Waals surface area (Å²) in [6, 6.07) is 20.3. The first-order chi connectivity index (χ1) is 16.8. The Balaban J connectivity index is 1.37. The van der Waals surface area contributed by atoms with Crippen LogP contribution in [0.2, 0.25) is 0 Å². The normalized spacial score (nSPS) is 13.5. The number of carbonyl (C=O) groups excluding carboxylic acids is 2. The highest BCUT2D eigenvalue weighted by atomic mass is 32.2. The van der Waals surface area contributed by atoms with E-state index < -0.39 is 10.0 Å². The lowest BCUT2D eigenvalue weighted by Crippen LogP contribution is -2.27. The van der Waals surface area contributed by atoms with Crippen LogP contribution in [0, 0.1) is 6.92 Å². The van der Waals surface area contributed by atoms with Crippen molar-refractivity contribution in [1.29, 1.82) is 0 Å². The molecule has 8 nitrogen and oxygen atoms in total. The van der Waals surface area contributed by atoms with E-state index in [1.165, 1.54) is 11.4 Å². The van der Waals surface area contributed by atoms with Gasteiger partial charge in [-0.3, -0.25) is 13.9 Å². The first-order valence-electron chi connectivity index (χ1n) is 11.2. The average Bonchev–Trinajstić information content (AvgIpc) is 3.29. The second-order valence-corrected chi connectivity index (χ2v) is 10.3. The van der Waals surface area contributed by atoms with Crippen molar-refractivity contribution in [3.63, 3.8) is 0 Å². The molecule has 0 unspecified atom stereocenters. The SMILES string of the molecule is Cc1ccc(S(=O)(=O)N(C)c2ccc(OCC(=O)Nc3ccccc3N3CCCC3=O)cc2)cc1. The lowest BCUT2D eigenvalue weighted by Gasteiger charge is -2.20. The molecule has 0 aromatic heterocycles. The summed E-state index contributed by atoms with van der Waals surface area (Å²) in [4.78, 5) is 26.5. The van der Waals surface area contributed by atoms with Gasteiger partial charge < -0.3 is 15.0 Å². The molecular weight excluding hydrogens is 466 g/mol. The summed E-state index contributed by atoms with van der Waals surface area (Å²) in [5.41, 5.74) is 2.66. The van der Waals surface area contributed by atoms with Crippen LogP contribution in [0.15, 0.2) is 77.7 Å². The molecular formula is C26H27N3O5S. The van der Waals surface area contributed by atoms with E-state index in [0.717, 1.165) is 12.0 Å². The van der Waals surface area contributed by atoms with Gasteiger partial charge in [-0.05, 0) is 61.9 Å².